The first kappa shape index (κ1) is 7.74. The molecule has 0 amide bonds. The fourth-order valence-corrected chi connectivity index (χ4v) is 1.97. The third-order valence-corrected chi connectivity index (χ3v) is 2.67. The number of nitrogens with two attached hydrogens (primary N) is 1. The quantitative estimate of drug-likeness (QED) is 0.679. The van der Waals surface area contributed by atoms with Crippen LogP contribution in [0.2, 0.25) is 0 Å². The summed E-state index contributed by atoms with van der Waals surface area (Å²) in [7, 11) is 0. The van der Waals surface area contributed by atoms with E-state index in [1.165, 1.54) is 30.4 Å². The molecule has 1 unspecified atom stereocenters. The Labute approximate surface area is 72.8 Å². The van der Waals surface area contributed by atoms with Gasteiger partial charge in [0.15, 0.2) is 0 Å². The Kier molecular flexibility index (Phi) is 2.09. The van der Waals surface area contributed by atoms with Gasteiger partial charge < -0.3 is 5.73 Å². The number of aromatic nitrogens is 1. The van der Waals surface area contributed by atoms with Crippen molar-refractivity contribution in [3.63, 3.8) is 0 Å². The zero-order valence-corrected chi connectivity index (χ0v) is 7.16. The van der Waals surface area contributed by atoms with Crippen LogP contribution in [0.5, 0.6) is 0 Å². The minimum Gasteiger partial charge on any atom is -0.330 e. The van der Waals surface area contributed by atoms with Gasteiger partial charge in [0.25, 0.3) is 0 Å². The van der Waals surface area contributed by atoms with Gasteiger partial charge in [-0.05, 0) is 48.9 Å². The van der Waals surface area contributed by atoms with Gasteiger partial charge in [0.2, 0.25) is 0 Å². The van der Waals surface area contributed by atoms with Crippen molar-refractivity contribution in [1.82, 2.24) is 4.98 Å². The lowest BCUT2D eigenvalue weighted by atomic mass is 9.84. The van der Waals surface area contributed by atoms with Gasteiger partial charge in [-0.3, -0.25) is 4.98 Å². The van der Waals surface area contributed by atoms with Crippen LogP contribution in [-0.2, 0) is 6.42 Å². The van der Waals surface area contributed by atoms with Gasteiger partial charge in [-0.25, -0.2) is 0 Å². The molecular weight excluding hydrogens is 148 g/mol. The third kappa shape index (κ3) is 1.23. The van der Waals surface area contributed by atoms with E-state index in [9.17, 15) is 0 Å². The SMILES string of the molecule is NCC1CCCc2ccncc21. The van der Waals surface area contributed by atoms with Gasteiger partial charge >= 0.3 is 0 Å². The smallest absolute Gasteiger partial charge is 0.0305 e. The second-order valence-electron chi connectivity index (χ2n) is 3.40. The zero-order chi connectivity index (χ0) is 8.39. The highest BCUT2D eigenvalue weighted by Gasteiger charge is 2.18. The highest BCUT2D eigenvalue weighted by Crippen LogP contribution is 2.29. The van der Waals surface area contributed by atoms with Crippen molar-refractivity contribution in [3.8, 4) is 0 Å². The summed E-state index contributed by atoms with van der Waals surface area (Å²) in [4.78, 5) is 4.14. The fourth-order valence-electron chi connectivity index (χ4n) is 1.97. The number of hydrogen-bond acceptors (Lipinski definition) is 2. The maximum Gasteiger partial charge on any atom is 0.0305 e. The van der Waals surface area contributed by atoms with Crippen LogP contribution >= 0.6 is 0 Å². The van der Waals surface area contributed by atoms with Crippen LogP contribution in [0.15, 0.2) is 18.5 Å². The molecule has 1 aliphatic carbocycles. The van der Waals surface area contributed by atoms with Gasteiger partial charge in [0.05, 0.1) is 0 Å². The van der Waals surface area contributed by atoms with E-state index >= 15 is 0 Å². The van der Waals surface area contributed by atoms with Crippen LogP contribution in [0.3, 0.4) is 0 Å². The van der Waals surface area contributed by atoms with Crippen molar-refractivity contribution >= 4 is 0 Å². The maximum atomic E-state index is 5.69. The molecule has 0 aromatic carbocycles. The van der Waals surface area contributed by atoms with Crippen molar-refractivity contribution in [2.24, 2.45) is 5.73 Å². The summed E-state index contributed by atoms with van der Waals surface area (Å²) in [6.07, 6.45) is 7.56. The lowest BCUT2D eigenvalue weighted by Gasteiger charge is -2.23. The molecule has 64 valence electrons. The van der Waals surface area contributed by atoms with E-state index in [0.29, 0.717) is 5.92 Å². The molecular formula is C10H14N2. The maximum absolute atomic E-state index is 5.69. The minimum absolute atomic E-state index is 0.558. The van der Waals surface area contributed by atoms with E-state index in [1.807, 2.05) is 12.4 Å². The number of aryl methyl sites for hydroxylation is 1. The molecule has 1 heterocycles. The molecule has 0 saturated carbocycles. The molecule has 12 heavy (non-hydrogen) atoms. The summed E-state index contributed by atoms with van der Waals surface area (Å²) in [6.45, 7) is 0.763. The van der Waals surface area contributed by atoms with Crippen molar-refractivity contribution in [2.45, 2.75) is 25.2 Å². The Morgan fingerprint density at radius 3 is 3.33 bits per heavy atom. The summed E-state index contributed by atoms with van der Waals surface area (Å²) in [5.74, 6) is 0.558. The normalized spacial score (nSPS) is 21.9. The molecule has 0 bridgehead atoms. The monoisotopic (exact) mass is 162 g/mol. The van der Waals surface area contributed by atoms with Gasteiger partial charge in [-0.15, -0.1) is 0 Å². The van der Waals surface area contributed by atoms with Gasteiger partial charge in [-0.1, -0.05) is 0 Å². The summed E-state index contributed by atoms with van der Waals surface area (Å²) >= 11 is 0. The predicted molar refractivity (Wildman–Crippen MR) is 49.0 cm³/mol. The second kappa shape index (κ2) is 3.23. The molecule has 1 atom stereocenters. The molecule has 2 N–H and O–H groups in total. The molecule has 2 heteroatoms. The van der Waals surface area contributed by atoms with E-state index in [1.54, 1.807) is 0 Å². The van der Waals surface area contributed by atoms with Crippen molar-refractivity contribution in [3.05, 3.63) is 29.6 Å². The van der Waals surface area contributed by atoms with E-state index < -0.39 is 0 Å². The van der Waals surface area contributed by atoms with Crippen LogP contribution < -0.4 is 5.73 Å². The summed E-state index contributed by atoms with van der Waals surface area (Å²) in [5, 5.41) is 0. The van der Waals surface area contributed by atoms with E-state index in [-0.39, 0.29) is 0 Å². The van der Waals surface area contributed by atoms with Crippen molar-refractivity contribution in [1.29, 1.82) is 0 Å². The average Bonchev–Trinajstić information content (AvgIpc) is 2.17. The summed E-state index contributed by atoms with van der Waals surface area (Å²) in [6, 6.07) is 2.12. The molecule has 1 aliphatic rings. The average molecular weight is 162 g/mol. The van der Waals surface area contributed by atoms with Crippen LogP contribution in [0.4, 0.5) is 0 Å². The largest absolute Gasteiger partial charge is 0.330 e. The van der Waals surface area contributed by atoms with Crippen LogP contribution in [0.25, 0.3) is 0 Å². The second-order valence-corrected chi connectivity index (χ2v) is 3.40. The fraction of sp³-hybridized carbons (Fsp3) is 0.500. The first-order valence-corrected chi connectivity index (χ1v) is 4.54. The first-order chi connectivity index (χ1) is 5.92. The third-order valence-electron chi connectivity index (χ3n) is 2.67. The zero-order valence-electron chi connectivity index (χ0n) is 7.16. The van der Waals surface area contributed by atoms with Crippen LogP contribution in [-0.4, -0.2) is 11.5 Å². The first-order valence-electron chi connectivity index (χ1n) is 4.54. The Bertz CT molecular complexity index is 270. The summed E-state index contributed by atoms with van der Waals surface area (Å²) in [5.41, 5.74) is 8.52. The van der Waals surface area contributed by atoms with Crippen molar-refractivity contribution in [2.75, 3.05) is 6.54 Å². The number of hydrogen-bond donors (Lipinski definition) is 1. The number of fused-ring (bicyclic) bond motifs is 1. The Balaban J connectivity index is 2.37. The van der Waals surface area contributed by atoms with Gasteiger partial charge in [0, 0.05) is 12.4 Å². The lowest BCUT2D eigenvalue weighted by molar-refractivity contribution is 0.558. The number of pyridine rings is 1. The topological polar surface area (TPSA) is 38.9 Å². The minimum atomic E-state index is 0.558. The lowest BCUT2D eigenvalue weighted by Crippen LogP contribution is -2.18. The molecule has 0 saturated heterocycles. The molecule has 0 spiro atoms. The highest BCUT2D eigenvalue weighted by molar-refractivity contribution is 5.29. The van der Waals surface area contributed by atoms with E-state index in [4.69, 9.17) is 5.73 Å². The number of nitrogens with zero attached hydrogens (tertiary/aromatic N) is 1. The van der Waals surface area contributed by atoms with Crippen LogP contribution in [0, 0.1) is 0 Å². The molecule has 0 fully saturated rings. The Morgan fingerprint density at radius 1 is 1.58 bits per heavy atom. The van der Waals surface area contributed by atoms with E-state index in [0.717, 1.165) is 6.54 Å². The van der Waals surface area contributed by atoms with Gasteiger partial charge in [-0.2, -0.15) is 0 Å². The van der Waals surface area contributed by atoms with Crippen molar-refractivity contribution < 1.29 is 0 Å². The molecule has 1 aromatic rings. The predicted octanol–water partition coefficient (Wildman–Crippen LogP) is 1.46. The van der Waals surface area contributed by atoms with Crippen LogP contribution in [0.1, 0.15) is 29.9 Å². The molecule has 0 radical (unpaired) electrons. The molecule has 2 nitrogen and oxygen atoms in total. The summed E-state index contributed by atoms with van der Waals surface area (Å²) < 4.78 is 0. The van der Waals surface area contributed by atoms with E-state index in [2.05, 4.69) is 11.1 Å². The Morgan fingerprint density at radius 2 is 2.50 bits per heavy atom. The Hall–Kier alpha value is -0.890. The molecule has 1 aromatic heterocycles. The molecule has 0 aliphatic heterocycles. The molecule has 2 rings (SSSR count). The number of rotatable bonds is 1. The van der Waals surface area contributed by atoms with Gasteiger partial charge in [0.1, 0.15) is 0 Å². The standard InChI is InChI=1S/C10H14N2/c11-6-9-3-1-2-8-4-5-12-7-10(8)9/h4-5,7,9H,1-3,6,11H2. The highest BCUT2D eigenvalue weighted by atomic mass is 14.6.